The highest BCUT2D eigenvalue weighted by molar-refractivity contribution is 9.10. The van der Waals surface area contributed by atoms with Gasteiger partial charge in [-0.05, 0) is 81.3 Å². The van der Waals surface area contributed by atoms with E-state index in [-0.39, 0.29) is 12.4 Å². The topological polar surface area (TPSA) is 112 Å². The van der Waals surface area contributed by atoms with E-state index in [1.165, 1.54) is 31.2 Å². The van der Waals surface area contributed by atoms with Crippen molar-refractivity contribution in [3.05, 3.63) is 97.7 Å². The first-order valence-corrected chi connectivity index (χ1v) is 11.9. The van der Waals surface area contributed by atoms with Crippen LogP contribution in [0.25, 0.3) is 5.69 Å². The average Bonchev–Trinajstić information content (AvgIpc) is 3.41. The molecule has 5 rings (SSSR count). The van der Waals surface area contributed by atoms with Gasteiger partial charge in [0.15, 0.2) is 6.20 Å². The van der Waals surface area contributed by atoms with Crippen molar-refractivity contribution in [1.82, 2.24) is 24.5 Å². The number of nitrogens with zero attached hydrogens (tertiary/aromatic N) is 6. The van der Waals surface area contributed by atoms with Crippen molar-refractivity contribution in [3.63, 3.8) is 0 Å². The van der Waals surface area contributed by atoms with Gasteiger partial charge in [-0.25, -0.2) is 9.07 Å². The summed E-state index contributed by atoms with van der Waals surface area (Å²) < 4.78 is 30.2. The molecule has 36 heavy (non-hydrogen) atoms. The number of halogens is 3. The van der Waals surface area contributed by atoms with E-state index in [4.69, 9.17) is 0 Å². The lowest BCUT2D eigenvalue weighted by Crippen LogP contribution is -2.07. The zero-order valence-electron chi connectivity index (χ0n) is 19.3. The quantitative estimate of drug-likeness (QED) is 0.254. The van der Waals surface area contributed by atoms with Crippen LogP contribution in [0.2, 0.25) is 0 Å². The molecule has 1 N–H and O–H groups in total. The molecule has 12 heteroatoms. The minimum atomic E-state index is -0.940. The maximum atomic E-state index is 13.5. The Morgan fingerprint density at radius 1 is 1.22 bits per heavy atom. The number of pyridine rings is 1. The van der Waals surface area contributed by atoms with Crippen molar-refractivity contribution in [2.24, 2.45) is 5.92 Å². The molecule has 1 saturated carbocycles. The first-order chi connectivity index (χ1) is 17.2. The van der Waals surface area contributed by atoms with Gasteiger partial charge in [0.1, 0.15) is 5.82 Å². The third kappa shape index (κ3) is 6.38. The van der Waals surface area contributed by atoms with Crippen molar-refractivity contribution in [2.75, 3.05) is 0 Å². The summed E-state index contributed by atoms with van der Waals surface area (Å²) >= 11 is 2.92. The zero-order valence-corrected chi connectivity index (χ0v) is 20.9. The lowest BCUT2D eigenvalue weighted by atomic mass is 10.1. The van der Waals surface area contributed by atoms with Crippen LogP contribution in [0, 0.1) is 34.6 Å². The Kier molecular flexibility index (Phi) is 7.85. The Morgan fingerprint density at radius 2 is 2.00 bits per heavy atom. The van der Waals surface area contributed by atoms with Gasteiger partial charge < -0.3 is 15.2 Å². The standard InChI is InChI=1S/C19H21FN4O.C5H2BrFN2O2/c1-13-6-18(7-15-9-21-23(11-15)10-14-2-3-14)24(22-13)19-5-4-17(20)8-16(19)12-25;6-3-1-4(7)5(8-2-3)9(10)11/h4-6,8-9,11,14,25H,2-3,7,10,12H2,1H3;1-2H. The summed E-state index contributed by atoms with van der Waals surface area (Å²) in [5.74, 6) is -1.27. The first kappa shape index (κ1) is 25.6. The molecular weight excluding hydrogens is 538 g/mol. The molecule has 188 valence electrons. The summed E-state index contributed by atoms with van der Waals surface area (Å²) in [6.45, 7) is 2.69. The van der Waals surface area contributed by atoms with E-state index in [0.717, 1.165) is 35.5 Å². The molecule has 0 unspecified atom stereocenters. The van der Waals surface area contributed by atoms with Crippen molar-refractivity contribution in [1.29, 1.82) is 0 Å². The molecule has 9 nitrogen and oxygen atoms in total. The number of benzene rings is 1. The van der Waals surface area contributed by atoms with Crippen molar-refractivity contribution in [2.45, 2.75) is 39.3 Å². The van der Waals surface area contributed by atoms with Gasteiger partial charge in [0.25, 0.3) is 0 Å². The van der Waals surface area contributed by atoms with Gasteiger partial charge in [-0.2, -0.15) is 14.6 Å². The van der Waals surface area contributed by atoms with Crippen LogP contribution in [0.5, 0.6) is 0 Å². The van der Waals surface area contributed by atoms with Gasteiger partial charge in [-0.1, -0.05) is 0 Å². The van der Waals surface area contributed by atoms with E-state index in [1.54, 1.807) is 10.7 Å². The maximum absolute atomic E-state index is 13.5. The Bertz CT molecular complexity index is 1390. The predicted molar refractivity (Wildman–Crippen MR) is 130 cm³/mol. The highest BCUT2D eigenvalue weighted by Crippen LogP contribution is 2.30. The van der Waals surface area contributed by atoms with Crippen LogP contribution in [0.3, 0.4) is 0 Å². The second-order valence-corrected chi connectivity index (χ2v) is 9.44. The Morgan fingerprint density at radius 3 is 2.67 bits per heavy atom. The van der Waals surface area contributed by atoms with Crippen LogP contribution < -0.4 is 0 Å². The van der Waals surface area contributed by atoms with Crippen LogP contribution in [-0.4, -0.2) is 34.6 Å². The second-order valence-electron chi connectivity index (χ2n) is 8.53. The van der Waals surface area contributed by atoms with Gasteiger partial charge in [-0.15, -0.1) is 0 Å². The molecule has 3 aromatic heterocycles. The van der Waals surface area contributed by atoms with E-state index >= 15 is 0 Å². The molecule has 3 heterocycles. The fraction of sp³-hybridized carbons (Fsp3) is 0.292. The molecule has 1 aromatic carbocycles. The normalized spacial score (nSPS) is 12.8. The van der Waals surface area contributed by atoms with Gasteiger partial charge in [0.2, 0.25) is 5.82 Å². The summed E-state index contributed by atoms with van der Waals surface area (Å²) in [6.07, 6.45) is 8.44. The van der Waals surface area contributed by atoms with Crippen LogP contribution in [0.4, 0.5) is 14.6 Å². The third-order valence-electron chi connectivity index (χ3n) is 5.52. The van der Waals surface area contributed by atoms with Gasteiger partial charge >= 0.3 is 5.82 Å². The summed E-state index contributed by atoms with van der Waals surface area (Å²) in [7, 11) is 0. The molecule has 4 aromatic rings. The number of nitro groups is 1. The fourth-order valence-electron chi connectivity index (χ4n) is 3.69. The number of hydrogen-bond donors (Lipinski definition) is 1. The molecule has 0 aliphatic heterocycles. The molecule has 1 fully saturated rings. The Hall–Kier alpha value is -3.51. The molecule has 0 spiro atoms. The minimum absolute atomic E-state index is 0.231. The SMILES string of the molecule is Cc1cc(Cc2cnn(CC3CC3)c2)n(-c2ccc(F)cc2CO)n1.O=[N+]([O-])c1ncc(Br)cc1F. The maximum Gasteiger partial charge on any atom is 0.399 e. The lowest BCUT2D eigenvalue weighted by Gasteiger charge is -2.11. The highest BCUT2D eigenvalue weighted by Gasteiger charge is 2.22. The number of aliphatic hydroxyl groups is 1. The first-order valence-electron chi connectivity index (χ1n) is 11.2. The van der Waals surface area contributed by atoms with E-state index in [1.807, 2.05) is 23.9 Å². The summed E-state index contributed by atoms with van der Waals surface area (Å²) in [5, 5.41) is 28.6. The largest absolute Gasteiger partial charge is 0.399 e. The predicted octanol–water partition coefficient (Wildman–Crippen LogP) is 4.90. The average molecular weight is 561 g/mol. The smallest absolute Gasteiger partial charge is 0.392 e. The molecule has 1 aliphatic carbocycles. The summed E-state index contributed by atoms with van der Waals surface area (Å²) in [6, 6.07) is 7.41. The van der Waals surface area contributed by atoms with Gasteiger partial charge in [-0.3, -0.25) is 4.68 Å². The second kappa shape index (κ2) is 11.0. The number of aliphatic hydroxyl groups excluding tert-OH is 1. The zero-order chi connectivity index (χ0) is 25.8. The van der Waals surface area contributed by atoms with Crippen LogP contribution in [-0.2, 0) is 19.6 Å². The Balaban J connectivity index is 0.000000233. The van der Waals surface area contributed by atoms with E-state index in [2.05, 4.69) is 37.3 Å². The van der Waals surface area contributed by atoms with Crippen molar-refractivity contribution >= 4 is 21.7 Å². The minimum Gasteiger partial charge on any atom is -0.392 e. The Labute approximate surface area is 213 Å². The monoisotopic (exact) mass is 560 g/mol. The molecule has 0 amide bonds. The van der Waals surface area contributed by atoms with Crippen LogP contribution in [0.1, 0.15) is 35.4 Å². The highest BCUT2D eigenvalue weighted by atomic mass is 79.9. The molecule has 0 saturated heterocycles. The molecule has 0 atom stereocenters. The summed E-state index contributed by atoms with van der Waals surface area (Å²) in [4.78, 5) is 12.4. The number of hydrogen-bond acceptors (Lipinski definition) is 6. The number of aromatic nitrogens is 5. The summed E-state index contributed by atoms with van der Waals surface area (Å²) in [5.41, 5.74) is 4.22. The van der Waals surface area contributed by atoms with E-state index in [0.29, 0.717) is 22.1 Å². The van der Waals surface area contributed by atoms with Crippen LogP contribution >= 0.6 is 15.9 Å². The molecule has 0 radical (unpaired) electrons. The van der Waals surface area contributed by atoms with Crippen molar-refractivity contribution < 1.29 is 18.8 Å². The van der Waals surface area contributed by atoms with E-state index in [9.17, 15) is 24.0 Å². The lowest BCUT2D eigenvalue weighted by molar-refractivity contribution is -0.392. The molecular formula is C24H23BrF2N6O3. The van der Waals surface area contributed by atoms with E-state index < -0.39 is 16.6 Å². The van der Waals surface area contributed by atoms with Crippen molar-refractivity contribution in [3.8, 4) is 5.69 Å². The molecule has 0 bridgehead atoms. The molecule has 1 aliphatic rings. The number of aryl methyl sites for hydroxylation is 1. The van der Waals surface area contributed by atoms with Gasteiger partial charge in [0, 0.05) is 36.5 Å². The fourth-order valence-corrected chi connectivity index (χ4v) is 3.99. The van der Waals surface area contributed by atoms with Crippen LogP contribution in [0.15, 0.2) is 53.4 Å². The van der Waals surface area contributed by atoms with Gasteiger partial charge in [0.05, 0.1) is 28.7 Å². The third-order valence-corrected chi connectivity index (χ3v) is 5.95. The number of rotatable bonds is 7.